The van der Waals surface area contributed by atoms with Crippen LogP contribution in [0.25, 0.3) is 0 Å². The summed E-state index contributed by atoms with van der Waals surface area (Å²) in [5.74, 6) is 0.367. The van der Waals surface area contributed by atoms with E-state index in [2.05, 4.69) is 9.97 Å². The largest absolute Gasteiger partial charge is 0.490 e. The lowest BCUT2D eigenvalue weighted by Gasteiger charge is -2.08. The number of hydrogen-bond donors (Lipinski definition) is 1. The quantitative estimate of drug-likeness (QED) is 0.680. The molecule has 104 valence electrons. The molecule has 0 unspecified atom stereocenters. The maximum atomic E-state index is 10.9. The first-order chi connectivity index (χ1) is 9.52. The Balaban J connectivity index is 2.37. The van der Waals surface area contributed by atoms with Gasteiger partial charge in [0.1, 0.15) is 22.9 Å². The topological polar surface area (TPSA) is 113 Å². The van der Waals surface area contributed by atoms with Gasteiger partial charge in [0.15, 0.2) is 5.75 Å². The van der Waals surface area contributed by atoms with E-state index in [9.17, 15) is 10.1 Å². The number of hydrogen-bond acceptors (Lipinski definition) is 7. The van der Waals surface area contributed by atoms with Crippen LogP contribution < -0.4 is 15.2 Å². The van der Waals surface area contributed by atoms with Crippen molar-refractivity contribution >= 4 is 23.1 Å². The monoisotopic (exact) mass is 296 g/mol. The molecule has 1 heterocycles. The summed E-state index contributed by atoms with van der Waals surface area (Å²) in [4.78, 5) is 17.8. The number of anilines is 1. The van der Waals surface area contributed by atoms with E-state index in [-0.39, 0.29) is 33.9 Å². The molecule has 0 spiro atoms. The van der Waals surface area contributed by atoms with Gasteiger partial charge in [0, 0.05) is 0 Å². The fourth-order valence-corrected chi connectivity index (χ4v) is 1.56. The van der Waals surface area contributed by atoms with Crippen molar-refractivity contribution in [2.45, 2.75) is 0 Å². The van der Waals surface area contributed by atoms with Crippen molar-refractivity contribution in [3.63, 3.8) is 0 Å². The SMILES string of the molecule is COc1ccc(Oc2ncnc(N)c2Cl)cc1[N+](=O)[O-]. The van der Waals surface area contributed by atoms with Crippen molar-refractivity contribution in [2.75, 3.05) is 12.8 Å². The molecule has 9 heteroatoms. The van der Waals surface area contributed by atoms with Crippen LogP contribution in [0.4, 0.5) is 11.5 Å². The molecule has 2 rings (SSSR count). The maximum Gasteiger partial charge on any atom is 0.314 e. The summed E-state index contributed by atoms with van der Waals surface area (Å²) in [7, 11) is 1.34. The first-order valence-electron chi connectivity index (χ1n) is 5.29. The average molecular weight is 297 g/mol. The summed E-state index contributed by atoms with van der Waals surface area (Å²) in [5, 5.41) is 10.9. The number of ether oxygens (including phenoxy) is 2. The number of aromatic nitrogens is 2. The van der Waals surface area contributed by atoms with Crippen molar-refractivity contribution < 1.29 is 14.4 Å². The molecule has 0 saturated carbocycles. The van der Waals surface area contributed by atoms with Crippen LogP contribution in [0.5, 0.6) is 17.4 Å². The third-order valence-electron chi connectivity index (χ3n) is 2.35. The Morgan fingerprint density at radius 2 is 2.15 bits per heavy atom. The lowest BCUT2D eigenvalue weighted by Crippen LogP contribution is -1.98. The number of nitrogens with zero attached hydrogens (tertiary/aromatic N) is 3. The van der Waals surface area contributed by atoms with Gasteiger partial charge in [0.25, 0.3) is 0 Å². The van der Waals surface area contributed by atoms with Gasteiger partial charge in [0.2, 0.25) is 5.88 Å². The Bertz CT molecular complexity index is 665. The van der Waals surface area contributed by atoms with Gasteiger partial charge in [-0.2, -0.15) is 4.98 Å². The molecule has 0 atom stereocenters. The molecule has 0 amide bonds. The number of halogens is 1. The summed E-state index contributed by atoms with van der Waals surface area (Å²) in [6.45, 7) is 0. The van der Waals surface area contributed by atoms with Gasteiger partial charge in [0.05, 0.1) is 18.1 Å². The molecule has 0 radical (unpaired) electrons. The van der Waals surface area contributed by atoms with E-state index >= 15 is 0 Å². The smallest absolute Gasteiger partial charge is 0.314 e. The Labute approximate surface area is 118 Å². The fourth-order valence-electron chi connectivity index (χ4n) is 1.43. The van der Waals surface area contributed by atoms with Crippen molar-refractivity contribution in [1.82, 2.24) is 9.97 Å². The second-order valence-corrected chi connectivity index (χ2v) is 3.95. The zero-order valence-electron chi connectivity index (χ0n) is 10.2. The molecule has 0 aliphatic rings. The molecule has 0 fully saturated rings. The third-order valence-corrected chi connectivity index (χ3v) is 2.70. The molecule has 0 bridgehead atoms. The average Bonchev–Trinajstić information content (AvgIpc) is 2.43. The second-order valence-electron chi connectivity index (χ2n) is 3.57. The lowest BCUT2D eigenvalue weighted by atomic mass is 10.3. The van der Waals surface area contributed by atoms with E-state index in [1.165, 1.54) is 31.6 Å². The minimum atomic E-state index is -0.582. The highest BCUT2D eigenvalue weighted by atomic mass is 35.5. The number of benzene rings is 1. The van der Waals surface area contributed by atoms with Crippen LogP contribution in [0, 0.1) is 10.1 Å². The molecule has 2 N–H and O–H groups in total. The lowest BCUT2D eigenvalue weighted by molar-refractivity contribution is -0.385. The molecule has 2 aromatic rings. The van der Waals surface area contributed by atoms with E-state index in [4.69, 9.17) is 26.8 Å². The van der Waals surface area contributed by atoms with Crippen molar-refractivity contribution in [2.24, 2.45) is 0 Å². The minimum Gasteiger partial charge on any atom is -0.490 e. The molecular weight excluding hydrogens is 288 g/mol. The van der Waals surface area contributed by atoms with Crippen LogP contribution in [0.2, 0.25) is 5.02 Å². The first-order valence-corrected chi connectivity index (χ1v) is 5.67. The predicted octanol–water partition coefficient (Wildman–Crippen LogP) is 2.42. The van der Waals surface area contributed by atoms with Gasteiger partial charge in [-0.1, -0.05) is 11.6 Å². The molecule has 1 aromatic heterocycles. The predicted molar refractivity (Wildman–Crippen MR) is 71.2 cm³/mol. The Kier molecular flexibility index (Phi) is 3.85. The highest BCUT2D eigenvalue weighted by Gasteiger charge is 2.17. The maximum absolute atomic E-state index is 10.9. The second kappa shape index (κ2) is 5.57. The van der Waals surface area contributed by atoms with E-state index < -0.39 is 4.92 Å². The summed E-state index contributed by atoms with van der Waals surface area (Å²) in [6, 6.07) is 4.10. The van der Waals surface area contributed by atoms with Gasteiger partial charge in [-0.05, 0) is 12.1 Å². The van der Waals surface area contributed by atoms with E-state index in [0.717, 1.165) is 0 Å². The zero-order chi connectivity index (χ0) is 14.7. The number of nitro benzene ring substituents is 1. The standard InChI is InChI=1S/C11H9ClN4O4/c1-19-8-3-2-6(4-7(8)16(17)18)20-11-9(12)10(13)14-5-15-11/h2-5H,1H3,(H2,13,14,15). The van der Waals surface area contributed by atoms with Crippen LogP contribution in [-0.2, 0) is 0 Å². The number of nitrogen functional groups attached to an aromatic ring is 1. The van der Waals surface area contributed by atoms with Gasteiger partial charge < -0.3 is 15.2 Å². The molecule has 0 aliphatic carbocycles. The fraction of sp³-hybridized carbons (Fsp3) is 0.0909. The summed E-state index contributed by atoms with van der Waals surface area (Å²) < 4.78 is 10.2. The van der Waals surface area contributed by atoms with Crippen molar-refractivity contribution in [3.8, 4) is 17.4 Å². The Morgan fingerprint density at radius 1 is 1.40 bits per heavy atom. The van der Waals surface area contributed by atoms with Crippen LogP contribution in [0.15, 0.2) is 24.5 Å². The Hall–Kier alpha value is -2.61. The summed E-state index contributed by atoms with van der Waals surface area (Å²) >= 11 is 5.87. The highest BCUT2D eigenvalue weighted by molar-refractivity contribution is 6.34. The molecule has 8 nitrogen and oxygen atoms in total. The van der Waals surface area contributed by atoms with Crippen LogP contribution in [0.3, 0.4) is 0 Å². The van der Waals surface area contributed by atoms with Crippen molar-refractivity contribution in [1.29, 1.82) is 0 Å². The normalized spacial score (nSPS) is 10.1. The number of nitrogens with two attached hydrogens (primary N) is 1. The highest BCUT2D eigenvalue weighted by Crippen LogP contribution is 2.35. The van der Waals surface area contributed by atoms with Gasteiger partial charge in [-0.3, -0.25) is 10.1 Å². The van der Waals surface area contributed by atoms with Crippen molar-refractivity contribution in [3.05, 3.63) is 39.7 Å². The minimum absolute atomic E-state index is 0.0126. The van der Waals surface area contributed by atoms with Gasteiger partial charge in [-0.25, -0.2) is 4.98 Å². The van der Waals surface area contributed by atoms with E-state index in [1.54, 1.807) is 0 Å². The zero-order valence-corrected chi connectivity index (χ0v) is 11.0. The third kappa shape index (κ3) is 2.69. The summed E-state index contributed by atoms with van der Waals surface area (Å²) in [6.07, 6.45) is 1.18. The van der Waals surface area contributed by atoms with E-state index in [1.807, 2.05) is 0 Å². The van der Waals surface area contributed by atoms with Crippen LogP contribution in [0.1, 0.15) is 0 Å². The van der Waals surface area contributed by atoms with Gasteiger partial charge >= 0.3 is 5.69 Å². The molecule has 20 heavy (non-hydrogen) atoms. The molecule has 0 aliphatic heterocycles. The first kappa shape index (κ1) is 13.8. The molecular formula is C11H9ClN4O4. The number of nitro groups is 1. The van der Waals surface area contributed by atoms with Gasteiger partial charge in [-0.15, -0.1) is 0 Å². The molecule has 1 aromatic carbocycles. The molecule has 0 saturated heterocycles. The summed E-state index contributed by atoms with van der Waals surface area (Å²) in [5.41, 5.74) is 5.27. The van der Waals surface area contributed by atoms with E-state index in [0.29, 0.717) is 0 Å². The van der Waals surface area contributed by atoms with Crippen LogP contribution >= 0.6 is 11.6 Å². The number of methoxy groups -OCH3 is 1. The number of rotatable bonds is 4. The van der Waals surface area contributed by atoms with Crippen LogP contribution in [-0.4, -0.2) is 22.0 Å². The Morgan fingerprint density at radius 3 is 2.80 bits per heavy atom.